The SMILES string of the molecule is CC(C)C(=O)NC1CCN(C(=O)CCC2CCCN2)CC1. The van der Waals surface area contributed by atoms with Crippen LogP contribution in [0.2, 0.25) is 0 Å². The molecule has 2 amide bonds. The summed E-state index contributed by atoms with van der Waals surface area (Å²) in [5.74, 6) is 0.424. The molecule has 2 rings (SSSR count). The number of amides is 2. The van der Waals surface area contributed by atoms with Crippen molar-refractivity contribution in [2.24, 2.45) is 5.92 Å². The third-order valence-electron chi connectivity index (χ3n) is 4.59. The summed E-state index contributed by atoms with van der Waals surface area (Å²) in [6.07, 6.45) is 5.82. The molecule has 0 spiro atoms. The van der Waals surface area contributed by atoms with Gasteiger partial charge in [-0.1, -0.05) is 13.8 Å². The van der Waals surface area contributed by atoms with Crippen LogP contribution in [0, 0.1) is 5.92 Å². The van der Waals surface area contributed by atoms with Crippen molar-refractivity contribution in [1.29, 1.82) is 0 Å². The molecule has 1 unspecified atom stereocenters. The molecule has 2 aliphatic rings. The van der Waals surface area contributed by atoms with Crippen molar-refractivity contribution in [3.63, 3.8) is 0 Å². The van der Waals surface area contributed by atoms with Crippen molar-refractivity contribution in [1.82, 2.24) is 15.5 Å². The number of rotatable bonds is 5. The van der Waals surface area contributed by atoms with Gasteiger partial charge in [-0.25, -0.2) is 0 Å². The highest BCUT2D eigenvalue weighted by molar-refractivity contribution is 5.78. The zero-order valence-electron chi connectivity index (χ0n) is 13.4. The van der Waals surface area contributed by atoms with Gasteiger partial charge in [0.1, 0.15) is 0 Å². The number of piperidine rings is 1. The van der Waals surface area contributed by atoms with E-state index in [9.17, 15) is 9.59 Å². The summed E-state index contributed by atoms with van der Waals surface area (Å²) < 4.78 is 0. The summed E-state index contributed by atoms with van der Waals surface area (Å²) in [5.41, 5.74) is 0. The number of carbonyl (C=O) groups excluding carboxylic acids is 2. The Hall–Kier alpha value is -1.10. The molecular weight excluding hydrogens is 266 g/mol. The number of nitrogens with one attached hydrogen (secondary N) is 2. The second kappa shape index (κ2) is 7.78. The second-order valence-corrected chi connectivity index (χ2v) is 6.65. The molecule has 0 bridgehead atoms. The van der Waals surface area contributed by atoms with Crippen molar-refractivity contribution in [2.45, 2.75) is 64.5 Å². The lowest BCUT2D eigenvalue weighted by atomic mass is 10.0. The Morgan fingerprint density at radius 2 is 1.95 bits per heavy atom. The molecule has 21 heavy (non-hydrogen) atoms. The highest BCUT2D eigenvalue weighted by Crippen LogP contribution is 2.15. The Morgan fingerprint density at radius 1 is 1.24 bits per heavy atom. The molecule has 5 nitrogen and oxygen atoms in total. The fourth-order valence-corrected chi connectivity index (χ4v) is 3.10. The molecule has 5 heteroatoms. The van der Waals surface area contributed by atoms with Gasteiger partial charge in [0.25, 0.3) is 0 Å². The minimum atomic E-state index is 0.0311. The topological polar surface area (TPSA) is 61.4 Å². The van der Waals surface area contributed by atoms with Crippen molar-refractivity contribution >= 4 is 11.8 Å². The zero-order valence-corrected chi connectivity index (χ0v) is 13.4. The van der Waals surface area contributed by atoms with Gasteiger partial charge in [-0.05, 0) is 38.6 Å². The molecule has 2 heterocycles. The predicted molar refractivity (Wildman–Crippen MR) is 82.8 cm³/mol. The summed E-state index contributed by atoms with van der Waals surface area (Å²) in [7, 11) is 0. The van der Waals surface area contributed by atoms with Crippen LogP contribution >= 0.6 is 0 Å². The van der Waals surface area contributed by atoms with Gasteiger partial charge in [0.15, 0.2) is 0 Å². The van der Waals surface area contributed by atoms with Crippen LogP contribution in [0.5, 0.6) is 0 Å². The standard InChI is InChI=1S/C16H29N3O2/c1-12(2)16(21)18-14-7-10-19(11-8-14)15(20)6-5-13-4-3-9-17-13/h12-14,17H,3-11H2,1-2H3,(H,18,21). The average Bonchev–Trinajstić information content (AvgIpc) is 2.98. The van der Waals surface area contributed by atoms with E-state index < -0.39 is 0 Å². The van der Waals surface area contributed by atoms with Crippen LogP contribution in [0.25, 0.3) is 0 Å². The zero-order chi connectivity index (χ0) is 15.2. The molecule has 0 aromatic heterocycles. The smallest absolute Gasteiger partial charge is 0.222 e. The molecule has 0 aliphatic carbocycles. The lowest BCUT2D eigenvalue weighted by Crippen LogP contribution is -2.47. The first-order valence-electron chi connectivity index (χ1n) is 8.38. The van der Waals surface area contributed by atoms with Crippen LogP contribution in [-0.4, -0.2) is 48.4 Å². The molecule has 0 aromatic rings. The largest absolute Gasteiger partial charge is 0.353 e. The summed E-state index contributed by atoms with van der Waals surface area (Å²) >= 11 is 0. The van der Waals surface area contributed by atoms with Crippen molar-refractivity contribution < 1.29 is 9.59 Å². The molecule has 2 saturated heterocycles. The number of nitrogens with zero attached hydrogens (tertiary/aromatic N) is 1. The first-order valence-corrected chi connectivity index (χ1v) is 8.38. The number of hydrogen-bond donors (Lipinski definition) is 2. The summed E-state index contributed by atoms with van der Waals surface area (Å²) in [6, 6.07) is 0.775. The molecule has 120 valence electrons. The van der Waals surface area contributed by atoms with Crippen LogP contribution in [-0.2, 0) is 9.59 Å². The first-order chi connectivity index (χ1) is 10.1. The molecule has 0 radical (unpaired) electrons. The van der Waals surface area contributed by atoms with Gasteiger partial charge >= 0.3 is 0 Å². The van der Waals surface area contributed by atoms with E-state index in [0.717, 1.165) is 38.9 Å². The van der Waals surface area contributed by atoms with E-state index in [1.54, 1.807) is 0 Å². The fraction of sp³-hybridized carbons (Fsp3) is 0.875. The maximum Gasteiger partial charge on any atom is 0.222 e. The second-order valence-electron chi connectivity index (χ2n) is 6.65. The summed E-state index contributed by atoms with van der Waals surface area (Å²) in [4.78, 5) is 25.8. The highest BCUT2D eigenvalue weighted by atomic mass is 16.2. The lowest BCUT2D eigenvalue weighted by molar-refractivity contribution is -0.132. The Morgan fingerprint density at radius 3 is 2.52 bits per heavy atom. The summed E-state index contributed by atoms with van der Waals surface area (Å²) in [5, 5.41) is 6.50. The van der Waals surface area contributed by atoms with Crippen LogP contribution < -0.4 is 10.6 Å². The van der Waals surface area contributed by atoms with Crippen molar-refractivity contribution in [3.05, 3.63) is 0 Å². The molecule has 1 atom stereocenters. The van der Waals surface area contributed by atoms with E-state index in [1.807, 2.05) is 18.7 Å². The van der Waals surface area contributed by atoms with Crippen molar-refractivity contribution in [3.8, 4) is 0 Å². The Kier molecular flexibility index (Phi) is 6.03. The van der Waals surface area contributed by atoms with E-state index >= 15 is 0 Å². The van der Waals surface area contributed by atoms with Gasteiger partial charge in [0, 0.05) is 37.5 Å². The van der Waals surface area contributed by atoms with E-state index in [2.05, 4.69) is 10.6 Å². The fourth-order valence-electron chi connectivity index (χ4n) is 3.10. The molecule has 0 saturated carbocycles. The van der Waals surface area contributed by atoms with E-state index in [4.69, 9.17) is 0 Å². The molecule has 2 N–H and O–H groups in total. The molecular formula is C16H29N3O2. The van der Waals surface area contributed by atoms with E-state index in [0.29, 0.717) is 12.5 Å². The van der Waals surface area contributed by atoms with Gasteiger partial charge < -0.3 is 15.5 Å². The monoisotopic (exact) mass is 295 g/mol. The minimum absolute atomic E-state index is 0.0311. The third-order valence-corrected chi connectivity index (χ3v) is 4.59. The van der Waals surface area contributed by atoms with Crippen LogP contribution in [0.15, 0.2) is 0 Å². The molecule has 0 aromatic carbocycles. The van der Waals surface area contributed by atoms with Gasteiger partial charge in [0.05, 0.1) is 0 Å². The van der Waals surface area contributed by atoms with Crippen molar-refractivity contribution in [2.75, 3.05) is 19.6 Å². The molecule has 2 fully saturated rings. The maximum atomic E-state index is 12.2. The highest BCUT2D eigenvalue weighted by Gasteiger charge is 2.25. The lowest BCUT2D eigenvalue weighted by Gasteiger charge is -2.33. The van der Waals surface area contributed by atoms with Crippen LogP contribution in [0.3, 0.4) is 0 Å². The van der Waals surface area contributed by atoms with Gasteiger partial charge in [-0.15, -0.1) is 0 Å². The van der Waals surface area contributed by atoms with Gasteiger partial charge in [0.2, 0.25) is 11.8 Å². The number of carbonyl (C=O) groups is 2. The summed E-state index contributed by atoms with van der Waals surface area (Å²) in [6.45, 7) is 6.47. The van der Waals surface area contributed by atoms with E-state index in [-0.39, 0.29) is 23.8 Å². The predicted octanol–water partition coefficient (Wildman–Crippen LogP) is 1.28. The van der Waals surface area contributed by atoms with E-state index in [1.165, 1.54) is 12.8 Å². The first kappa shape index (κ1) is 16.3. The Balaban J connectivity index is 1.65. The minimum Gasteiger partial charge on any atom is -0.353 e. The number of likely N-dealkylation sites (tertiary alicyclic amines) is 1. The molecule has 2 aliphatic heterocycles. The maximum absolute atomic E-state index is 12.2. The van der Waals surface area contributed by atoms with Gasteiger partial charge in [-0.3, -0.25) is 9.59 Å². The quantitative estimate of drug-likeness (QED) is 0.803. The van der Waals surface area contributed by atoms with Gasteiger partial charge in [-0.2, -0.15) is 0 Å². The third kappa shape index (κ3) is 4.99. The Labute approximate surface area is 127 Å². The normalized spacial score (nSPS) is 23.6. The number of hydrogen-bond acceptors (Lipinski definition) is 3. The van der Waals surface area contributed by atoms with Crippen LogP contribution in [0.4, 0.5) is 0 Å². The Bertz CT molecular complexity index is 357. The average molecular weight is 295 g/mol. The van der Waals surface area contributed by atoms with Crippen LogP contribution in [0.1, 0.15) is 52.4 Å².